The van der Waals surface area contributed by atoms with Crippen LogP contribution in [0, 0.1) is 12.3 Å². The zero-order valence-electron chi connectivity index (χ0n) is 40.2. The molecule has 0 radical (unpaired) electrons. The van der Waals surface area contributed by atoms with Gasteiger partial charge in [0.05, 0.1) is 52.7 Å². The van der Waals surface area contributed by atoms with E-state index in [0.717, 1.165) is 49.6 Å². The maximum Gasteiger partial charge on any atom is 0.246 e. The van der Waals surface area contributed by atoms with Gasteiger partial charge in [0.2, 0.25) is 35.4 Å². The summed E-state index contributed by atoms with van der Waals surface area (Å²) in [5.74, 6) is -2.20. The Morgan fingerprint density at radius 1 is 0.928 bits per heavy atom. The van der Waals surface area contributed by atoms with Crippen LogP contribution in [0.1, 0.15) is 99.7 Å². The number of hydrogen-bond acceptors (Lipinski definition) is 11. The number of amides is 6. The Balaban J connectivity index is 0.880. The quantitative estimate of drug-likeness (QED) is 0.0786. The van der Waals surface area contributed by atoms with Crippen LogP contribution in [0.25, 0.3) is 10.4 Å². The molecule has 1 aromatic heterocycles. The largest absolute Gasteiger partial charge is 0.391 e. The van der Waals surface area contributed by atoms with E-state index < -0.39 is 59.6 Å². The zero-order valence-corrected chi connectivity index (χ0v) is 41.0. The lowest BCUT2D eigenvalue weighted by molar-refractivity contribution is -0.144. The van der Waals surface area contributed by atoms with Crippen molar-refractivity contribution in [3.05, 3.63) is 106 Å². The van der Waals surface area contributed by atoms with Crippen molar-refractivity contribution < 1.29 is 38.6 Å². The molecule has 4 heterocycles. The summed E-state index contributed by atoms with van der Waals surface area (Å²) in [4.78, 5) is 88.6. The fourth-order valence-electron chi connectivity index (χ4n) is 9.48. The number of nitrogens with two attached hydrogens (primary N) is 2. The van der Waals surface area contributed by atoms with Crippen LogP contribution in [0.4, 0.5) is 5.69 Å². The van der Waals surface area contributed by atoms with Crippen molar-refractivity contribution in [3.8, 4) is 10.4 Å². The summed E-state index contributed by atoms with van der Waals surface area (Å²) in [6.07, 6.45) is 1.80. The van der Waals surface area contributed by atoms with Gasteiger partial charge in [-0.1, -0.05) is 87.5 Å². The number of hydrogen-bond donors (Lipinski definition) is 6. The van der Waals surface area contributed by atoms with Gasteiger partial charge in [0.15, 0.2) is 0 Å². The molecule has 1 fully saturated rings. The van der Waals surface area contributed by atoms with Crippen molar-refractivity contribution in [1.82, 2.24) is 25.8 Å². The van der Waals surface area contributed by atoms with Crippen LogP contribution in [-0.2, 0) is 65.9 Å². The number of nitrogens with zero attached hydrogens (tertiary/aromatic N) is 3. The molecule has 69 heavy (non-hydrogen) atoms. The number of aliphatic hydroxyl groups excluding tert-OH is 1. The lowest BCUT2D eigenvalue weighted by Gasteiger charge is -2.35. The Labute approximate surface area is 407 Å². The summed E-state index contributed by atoms with van der Waals surface area (Å²) in [5, 5.41) is 19.6. The third kappa shape index (κ3) is 12.4. The van der Waals surface area contributed by atoms with E-state index in [2.05, 4.69) is 20.9 Å². The number of thiazole rings is 1. The van der Waals surface area contributed by atoms with Crippen molar-refractivity contribution >= 4 is 52.5 Å². The van der Waals surface area contributed by atoms with Gasteiger partial charge in [0.1, 0.15) is 18.1 Å². The zero-order chi connectivity index (χ0) is 49.6. The van der Waals surface area contributed by atoms with Crippen molar-refractivity contribution in [2.24, 2.45) is 16.9 Å². The first-order valence-corrected chi connectivity index (χ1v) is 24.8. The minimum Gasteiger partial charge on any atom is -0.391 e. The number of benzene rings is 3. The Bertz CT molecular complexity index is 2510. The number of β-amino-alcohol motifs (C(OH)–C–C–N with tert-alkyl or cyclic N) is 1. The molecule has 3 aliphatic heterocycles. The maximum absolute atomic E-state index is 14.1. The molecular formula is C52H66N8O8S. The minimum atomic E-state index is -0.927. The summed E-state index contributed by atoms with van der Waals surface area (Å²) < 4.78 is 6.25. The SMILES string of the molecule is Cc1ncsc1-c1ccc(CNC(=O)[C@@H]2C[C@@H](O)CN2C(=O)[C@@H](NC(=O)CCCc2ccc(CO[C@H](C)[C@H](CCC(N)=O)NC(=O)[C@@H]3Cc4cccc5c4N3C(=O)[C@@H](N)CC5)cc2)C(C)(C)C)cc1. The fourth-order valence-corrected chi connectivity index (χ4v) is 10.3. The first kappa shape index (κ1) is 50.9. The molecule has 1 saturated heterocycles. The Kier molecular flexibility index (Phi) is 16.3. The third-order valence-corrected chi connectivity index (χ3v) is 14.4. The Hall–Kier alpha value is -6.01. The topological polar surface area (TPSA) is 239 Å². The number of carbonyl (C=O) groups excluding carboxylic acids is 6. The van der Waals surface area contributed by atoms with Crippen LogP contribution >= 0.6 is 11.3 Å². The molecule has 3 aromatic carbocycles. The van der Waals surface area contributed by atoms with Crippen LogP contribution in [0.15, 0.2) is 72.2 Å². The van der Waals surface area contributed by atoms with Crippen molar-refractivity contribution in [2.75, 3.05) is 11.4 Å². The highest BCUT2D eigenvalue weighted by atomic mass is 32.1. The van der Waals surface area contributed by atoms with Gasteiger partial charge in [0.25, 0.3) is 0 Å². The Morgan fingerprint density at radius 3 is 2.30 bits per heavy atom. The van der Waals surface area contributed by atoms with Gasteiger partial charge >= 0.3 is 0 Å². The molecule has 6 amide bonds. The average molecular weight is 963 g/mol. The average Bonchev–Trinajstić information content (AvgIpc) is 4.03. The van der Waals surface area contributed by atoms with E-state index >= 15 is 0 Å². The molecule has 8 N–H and O–H groups in total. The molecular weight excluding hydrogens is 897 g/mol. The van der Waals surface area contributed by atoms with Crippen molar-refractivity contribution in [1.29, 1.82) is 0 Å². The van der Waals surface area contributed by atoms with E-state index in [1.54, 1.807) is 16.2 Å². The molecule has 7 atom stereocenters. The van der Waals surface area contributed by atoms with Gasteiger partial charge in [-0.25, -0.2) is 4.98 Å². The van der Waals surface area contributed by atoms with E-state index in [1.165, 1.54) is 4.90 Å². The lowest BCUT2D eigenvalue weighted by Crippen LogP contribution is -2.57. The fraction of sp³-hybridized carbons (Fsp3) is 0.481. The summed E-state index contributed by atoms with van der Waals surface area (Å²) in [7, 11) is 0. The van der Waals surface area contributed by atoms with Crippen LogP contribution in [0.5, 0.6) is 0 Å². The van der Waals surface area contributed by atoms with E-state index in [4.69, 9.17) is 16.2 Å². The predicted molar refractivity (Wildman–Crippen MR) is 263 cm³/mol. The monoisotopic (exact) mass is 962 g/mol. The number of ether oxygens (including phenoxy) is 1. The van der Waals surface area contributed by atoms with Crippen molar-refractivity contribution in [3.63, 3.8) is 0 Å². The summed E-state index contributed by atoms with van der Waals surface area (Å²) >= 11 is 1.57. The second-order valence-corrected chi connectivity index (χ2v) is 20.6. The molecule has 3 aliphatic rings. The smallest absolute Gasteiger partial charge is 0.246 e. The molecule has 0 saturated carbocycles. The van der Waals surface area contributed by atoms with Gasteiger partial charge in [-0.2, -0.15) is 0 Å². The number of rotatable bonds is 19. The maximum atomic E-state index is 14.1. The molecule has 7 rings (SSSR count). The van der Waals surface area contributed by atoms with Gasteiger partial charge < -0.3 is 42.2 Å². The minimum absolute atomic E-state index is 0.0106. The summed E-state index contributed by atoms with van der Waals surface area (Å²) in [5.41, 5.74) is 20.4. The number of aliphatic hydroxyl groups is 1. The van der Waals surface area contributed by atoms with E-state index in [9.17, 15) is 33.9 Å². The summed E-state index contributed by atoms with van der Waals surface area (Å²) in [6, 6.07) is 17.7. The lowest BCUT2D eigenvalue weighted by atomic mass is 9.85. The molecule has 16 nitrogen and oxygen atoms in total. The third-order valence-electron chi connectivity index (χ3n) is 13.5. The van der Waals surface area contributed by atoms with Crippen LogP contribution < -0.4 is 32.3 Å². The van der Waals surface area contributed by atoms with Crippen LogP contribution in [-0.4, -0.2) is 99.4 Å². The predicted octanol–water partition coefficient (Wildman–Crippen LogP) is 4.14. The molecule has 0 spiro atoms. The van der Waals surface area contributed by atoms with Crippen LogP contribution in [0.2, 0.25) is 0 Å². The van der Waals surface area contributed by atoms with Gasteiger partial charge in [-0.15, -0.1) is 11.3 Å². The summed E-state index contributed by atoms with van der Waals surface area (Å²) in [6.45, 7) is 9.84. The molecule has 0 bridgehead atoms. The number of likely N-dealkylation sites (tertiary alicyclic amines) is 1. The number of nitrogens with one attached hydrogen (secondary N) is 3. The van der Waals surface area contributed by atoms with Gasteiger partial charge in [0, 0.05) is 38.8 Å². The van der Waals surface area contributed by atoms with Crippen LogP contribution in [0.3, 0.4) is 0 Å². The molecule has 0 unspecified atom stereocenters. The number of carbonyl (C=O) groups is 6. The van der Waals surface area contributed by atoms with E-state index in [1.807, 2.05) is 107 Å². The Morgan fingerprint density at radius 2 is 1.62 bits per heavy atom. The molecule has 0 aliphatic carbocycles. The highest BCUT2D eigenvalue weighted by Crippen LogP contribution is 2.39. The van der Waals surface area contributed by atoms with Crippen molar-refractivity contribution in [2.45, 2.75) is 148 Å². The first-order valence-electron chi connectivity index (χ1n) is 23.9. The van der Waals surface area contributed by atoms with Gasteiger partial charge in [-0.05, 0) is 84.7 Å². The second kappa shape index (κ2) is 22.2. The number of anilines is 1. The highest BCUT2D eigenvalue weighted by Gasteiger charge is 2.45. The van der Waals surface area contributed by atoms with E-state index in [-0.39, 0.29) is 69.0 Å². The normalized spacial score (nSPS) is 20.1. The second-order valence-electron chi connectivity index (χ2n) is 19.7. The molecule has 368 valence electrons. The number of aromatic nitrogens is 1. The van der Waals surface area contributed by atoms with E-state index in [0.29, 0.717) is 32.1 Å². The first-order chi connectivity index (χ1) is 32.9. The number of primary amides is 1. The standard InChI is InChI=1S/C52H66N8O8S/c1-30-46(69-29-56-30)36-18-16-33(17-19-36)26-55-48(64)41-25-38(61)27-59(41)51(67)47(52(3,4)5)58-44(63)11-6-8-32-12-14-34(15-13-32)28-68-31(2)40(22-23-43(54)62)57-49(65)42-24-37-10-7-9-35-20-21-39(53)50(66)60(42)45(35)37/h7,9-10,12-19,29,31,38-42,47,61H,6,8,11,20-28,53H2,1-5H3,(H2,54,62)(H,55,64)(H,57,65)(H,58,63)/t31-,38-,39+,40+,41+,42+,47-/m1/s1. The van der Waals surface area contributed by atoms with Gasteiger partial charge in [-0.3, -0.25) is 33.7 Å². The highest BCUT2D eigenvalue weighted by molar-refractivity contribution is 7.13. The number of aryl methyl sites for hydroxylation is 3. The molecule has 4 aromatic rings. The number of para-hydroxylation sites is 1. The molecule has 17 heteroatoms.